The Bertz CT molecular complexity index is 3410. The van der Waals surface area contributed by atoms with E-state index in [4.69, 9.17) is 15.0 Å². The molecule has 0 radical (unpaired) electrons. The van der Waals surface area contributed by atoms with Gasteiger partial charge >= 0.3 is 0 Å². The molecule has 0 atom stereocenters. The van der Waals surface area contributed by atoms with Crippen molar-refractivity contribution in [2.75, 3.05) is 0 Å². The smallest absolute Gasteiger partial charge is 0.164 e. The molecule has 266 valence electrons. The van der Waals surface area contributed by atoms with Gasteiger partial charge in [-0.05, 0) is 59.7 Å². The highest BCUT2D eigenvalue weighted by atomic mass is 32.1. The largest absolute Gasteiger partial charge is 0.309 e. The van der Waals surface area contributed by atoms with Crippen molar-refractivity contribution in [3.8, 4) is 51.0 Å². The predicted octanol–water partition coefficient (Wildman–Crippen LogP) is 14.4. The van der Waals surface area contributed by atoms with Crippen LogP contribution in [0.1, 0.15) is 0 Å². The summed E-state index contributed by atoms with van der Waals surface area (Å²) in [4.78, 5) is 15.3. The van der Waals surface area contributed by atoms with Gasteiger partial charge in [0.1, 0.15) is 0 Å². The lowest BCUT2D eigenvalue weighted by Gasteiger charge is -2.11. The lowest BCUT2D eigenvalue weighted by Crippen LogP contribution is -2.00. The van der Waals surface area contributed by atoms with Gasteiger partial charge in [-0.15, -0.1) is 22.7 Å². The molecule has 0 aliphatic rings. The molecule has 4 aromatic heterocycles. The summed E-state index contributed by atoms with van der Waals surface area (Å²) in [6, 6.07) is 64.9. The average molecular weight is 763 g/mol. The standard InChI is InChI=1S/C51H30N4S2/c1-3-13-31(14-4-1)49-52-50(32-15-5-2-6-16-32)54-51(53-49)39-20-12-24-45-48(39)47-35(19-11-23-44(47)57-45)33-25-27-38-40-30-34(26-28-43(40)56-46(38)29-33)55-41-21-9-7-17-36(41)37-18-8-10-22-42(37)55/h1-30H. The first-order valence-corrected chi connectivity index (χ1v) is 20.7. The van der Waals surface area contributed by atoms with Gasteiger partial charge in [0.25, 0.3) is 0 Å². The Labute approximate surface area is 335 Å². The van der Waals surface area contributed by atoms with E-state index in [0.717, 1.165) is 16.7 Å². The van der Waals surface area contributed by atoms with Crippen molar-refractivity contribution < 1.29 is 0 Å². The Balaban J connectivity index is 1.03. The van der Waals surface area contributed by atoms with Crippen molar-refractivity contribution >= 4 is 84.8 Å². The van der Waals surface area contributed by atoms with E-state index in [1.807, 2.05) is 59.1 Å². The van der Waals surface area contributed by atoms with Gasteiger partial charge in [-0.25, -0.2) is 15.0 Å². The summed E-state index contributed by atoms with van der Waals surface area (Å²) in [5.74, 6) is 1.99. The number of rotatable bonds is 5. The molecule has 0 N–H and O–H groups in total. The molecular weight excluding hydrogens is 733 g/mol. The van der Waals surface area contributed by atoms with Crippen molar-refractivity contribution in [3.63, 3.8) is 0 Å². The van der Waals surface area contributed by atoms with E-state index in [9.17, 15) is 0 Å². The van der Waals surface area contributed by atoms with E-state index in [2.05, 4.69) is 150 Å². The number of aromatic nitrogens is 4. The minimum absolute atomic E-state index is 0.660. The minimum Gasteiger partial charge on any atom is -0.309 e. The van der Waals surface area contributed by atoms with Gasteiger partial charge in [0, 0.05) is 73.5 Å². The first-order valence-electron chi connectivity index (χ1n) is 19.0. The van der Waals surface area contributed by atoms with Crippen LogP contribution in [0.15, 0.2) is 182 Å². The number of hydrogen-bond donors (Lipinski definition) is 0. The fraction of sp³-hybridized carbons (Fsp3) is 0. The summed E-state index contributed by atoms with van der Waals surface area (Å²) in [6.07, 6.45) is 0. The first-order chi connectivity index (χ1) is 28.2. The van der Waals surface area contributed by atoms with Crippen LogP contribution < -0.4 is 0 Å². The maximum atomic E-state index is 5.14. The fourth-order valence-electron chi connectivity index (χ4n) is 8.50. The Kier molecular flexibility index (Phi) is 7.24. The summed E-state index contributed by atoms with van der Waals surface area (Å²) in [6.45, 7) is 0. The van der Waals surface area contributed by atoms with Crippen molar-refractivity contribution in [2.45, 2.75) is 0 Å². The lowest BCUT2D eigenvalue weighted by atomic mass is 9.96. The highest BCUT2D eigenvalue weighted by Crippen LogP contribution is 2.46. The molecule has 0 saturated carbocycles. The Morgan fingerprint density at radius 1 is 0.333 bits per heavy atom. The maximum Gasteiger partial charge on any atom is 0.164 e. The number of benzene rings is 8. The molecule has 0 spiro atoms. The second kappa shape index (κ2) is 12.8. The summed E-state index contributed by atoms with van der Waals surface area (Å²) >= 11 is 3.68. The van der Waals surface area contributed by atoms with Crippen molar-refractivity contribution in [3.05, 3.63) is 182 Å². The number of para-hydroxylation sites is 2. The van der Waals surface area contributed by atoms with Gasteiger partial charge < -0.3 is 4.57 Å². The molecule has 4 heterocycles. The van der Waals surface area contributed by atoms with E-state index in [0.29, 0.717) is 17.5 Å². The van der Waals surface area contributed by atoms with Crippen LogP contribution in [-0.2, 0) is 0 Å². The molecule has 12 aromatic rings. The van der Waals surface area contributed by atoms with E-state index >= 15 is 0 Å². The molecule has 0 saturated heterocycles. The van der Waals surface area contributed by atoms with Gasteiger partial charge in [0.2, 0.25) is 0 Å². The van der Waals surface area contributed by atoms with Crippen LogP contribution in [0.25, 0.3) is 113 Å². The molecule has 6 heteroatoms. The molecule has 8 aromatic carbocycles. The number of thiophene rings is 2. The molecule has 12 rings (SSSR count). The van der Waals surface area contributed by atoms with Crippen LogP contribution >= 0.6 is 22.7 Å². The van der Waals surface area contributed by atoms with E-state index in [1.165, 1.54) is 79.0 Å². The predicted molar refractivity (Wildman–Crippen MR) is 242 cm³/mol. The van der Waals surface area contributed by atoms with Crippen LogP contribution in [0.2, 0.25) is 0 Å². The van der Waals surface area contributed by atoms with Crippen LogP contribution in [0, 0.1) is 0 Å². The normalized spacial score (nSPS) is 11.9. The zero-order valence-corrected chi connectivity index (χ0v) is 32.1. The molecule has 0 aliphatic heterocycles. The van der Waals surface area contributed by atoms with Gasteiger partial charge in [-0.1, -0.05) is 133 Å². The third-order valence-electron chi connectivity index (χ3n) is 11.1. The molecule has 0 unspecified atom stereocenters. The maximum absolute atomic E-state index is 5.14. The minimum atomic E-state index is 0.660. The molecule has 4 nitrogen and oxygen atoms in total. The van der Waals surface area contributed by atoms with Gasteiger partial charge in [-0.3, -0.25) is 0 Å². The van der Waals surface area contributed by atoms with Gasteiger partial charge in [-0.2, -0.15) is 0 Å². The molecule has 0 amide bonds. The Hall–Kier alpha value is -6.99. The second-order valence-electron chi connectivity index (χ2n) is 14.4. The zero-order valence-electron chi connectivity index (χ0n) is 30.4. The van der Waals surface area contributed by atoms with E-state index < -0.39 is 0 Å². The summed E-state index contributed by atoms with van der Waals surface area (Å²) in [7, 11) is 0. The monoisotopic (exact) mass is 762 g/mol. The van der Waals surface area contributed by atoms with Crippen LogP contribution in [0.4, 0.5) is 0 Å². The number of nitrogens with zero attached hydrogens (tertiary/aromatic N) is 4. The Morgan fingerprint density at radius 2 is 0.895 bits per heavy atom. The molecular formula is C51H30N4S2. The lowest BCUT2D eigenvalue weighted by molar-refractivity contribution is 1.08. The average Bonchev–Trinajstić information content (AvgIpc) is 3.96. The highest BCUT2D eigenvalue weighted by molar-refractivity contribution is 7.26. The summed E-state index contributed by atoms with van der Waals surface area (Å²) in [5, 5.41) is 7.50. The topological polar surface area (TPSA) is 43.6 Å². The summed E-state index contributed by atoms with van der Waals surface area (Å²) < 4.78 is 7.41. The zero-order chi connectivity index (χ0) is 37.5. The number of hydrogen-bond acceptors (Lipinski definition) is 5. The van der Waals surface area contributed by atoms with E-state index in [-0.39, 0.29) is 0 Å². The highest BCUT2D eigenvalue weighted by Gasteiger charge is 2.20. The van der Waals surface area contributed by atoms with Crippen LogP contribution in [-0.4, -0.2) is 19.5 Å². The van der Waals surface area contributed by atoms with Gasteiger partial charge in [0.05, 0.1) is 11.0 Å². The van der Waals surface area contributed by atoms with Crippen LogP contribution in [0.3, 0.4) is 0 Å². The van der Waals surface area contributed by atoms with Crippen molar-refractivity contribution in [2.24, 2.45) is 0 Å². The molecule has 0 bridgehead atoms. The van der Waals surface area contributed by atoms with Crippen molar-refractivity contribution in [1.29, 1.82) is 0 Å². The van der Waals surface area contributed by atoms with Gasteiger partial charge in [0.15, 0.2) is 17.5 Å². The first kappa shape index (κ1) is 32.3. The SMILES string of the molecule is c1ccc(-c2nc(-c3ccccc3)nc(-c3cccc4sc5cccc(-c6ccc7c(c6)sc6ccc(-n8c9ccccc9c9ccccc98)cc67)c5c34)n2)cc1. The second-order valence-corrected chi connectivity index (χ2v) is 16.5. The van der Waals surface area contributed by atoms with E-state index in [1.54, 1.807) is 0 Å². The number of fused-ring (bicyclic) bond motifs is 9. The molecule has 57 heavy (non-hydrogen) atoms. The Morgan fingerprint density at radius 3 is 1.56 bits per heavy atom. The van der Waals surface area contributed by atoms with Crippen LogP contribution in [0.5, 0.6) is 0 Å². The van der Waals surface area contributed by atoms with Crippen molar-refractivity contribution in [1.82, 2.24) is 19.5 Å². The fourth-order valence-corrected chi connectivity index (χ4v) is 10.8. The molecule has 0 aliphatic carbocycles. The third kappa shape index (κ3) is 5.15. The quantitative estimate of drug-likeness (QED) is 0.175. The molecule has 0 fully saturated rings. The summed E-state index contributed by atoms with van der Waals surface area (Å²) in [5.41, 5.74) is 8.94. The third-order valence-corrected chi connectivity index (χ3v) is 13.3.